The molecule has 6 nitrogen and oxygen atoms in total. The van der Waals surface area contributed by atoms with Crippen LogP contribution in [0.4, 0.5) is 0 Å². The molecule has 6 heteroatoms. The third-order valence-electron chi connectivity index (χ3n) is 1.80. The van der Waals surface area contributed by atoms with Gasteiger partial charge in [0.05, 0.1) is 6.54 Å². The molecule has 0 atom stereocenters. The molecule has 1 rings (SSSR count). The lowest BCUT2D eigenvalue weighted by Gasteiger charge is -2.01. The minimum Gasteiger partial charge on any atom is -0.481 e. The minimum atomic E-state index is -0.881. The number of hydrogen-bond acceptors (Lipinski definition) is 3. The van der Waals surface area contributed by atoms with Gasteiger partial charge in [-0.05, 0) is 6.42 Å². The van der Waals surface area contributed by atoms with Crippen molar-refractivity contribution in [3.8, 4) is 0 Å². The number of aromatic nitrogens is 2. The third kappa shape index (κ3) is 4.80. The van der Waals surface area contributed by atoms with E-state index in [2.05, 4.69) is 15.3 Å². The molecule has 1 amide bonds. The van der Waals surface area contributed by atoms with E-state index < -0.39 is 5.97 Å². The van der Waals surface area contributed by atoms with Gasteiger partial charge in [0.25, 0.3) is 0 Å². The number of rotatable bonds is 6. The molecular weight excluding hydrogens is 198 g/mol. The van der Waals surface area contributed by atoms with E-state index in [0.29, 0.717) is 18.8 Å². The number of H-pyrrole nitrogens is 1. The number of nitrogens with one attached hydrogen (secondary N) is 2. The van der Waals surface area contributed by atoms with E-state index in [1.54, 1.807) is 12.4 Å². The number of amides is 1. The van der Waals surface area contributed by atoms with Gasteiger partial charge in [-0.2, -0.15) is 0 Å². The fourth-order valence-corrected chi connectivity index (χ4v) is 1.07. The van der Waals surface area contributed by atoms with Gasteiger partial charge < -0.3 is 15.4 Å². The first-order chi connectivity index (χ1) is 7.18. The van der Waals surface area contributed by atoms with Crippen molar-refractivity contribution >= 4 is 11.9 Å². The Morgan fingerprint density at radius 1 is 1.47 bits per heavy atom. The Kier molecular flexibility index (Phi) is 4.33. The third-order valence-corrected chi connectivity index (χ3v) is 1.80. The number of carboxylic acid groups (broad SMARTS) is 1. The highest BCUT2D eigenvalue weighted by atomic mass is 16.4. The summed E-state index contributed by atoms with van der Waals surface area (Å²) in [5.41, 5.74) is 0. The summed E-state index contributed by atoms with van der Waals surface area (Å²) in [5.74, 6) is -0.358. The van der Waals surface area contributed by atoms with Crippen molar-refractivity contribution in [1.29, 1.82) is 0 Å². The molecule has 0 radical (unpaired) electrons. The maximum Gasteiger partial charge on any atom is 0.303 e. The van der Waals surface area contributed by atoms with Gasteiger partial charge in [-0.25, -0.2) is 4.98 Å². The Labute approximate surface area is 86.7 Å². The summed E-state index contributed by atoms with van der Waals surface area (Å²) in [7, 11) is 0. The van der Waals surface area contributed by atoms with Crippen LogP contribution >= 0.6 is 0 Å². The van der Waals surface area contributed by atoms with Crippen LogP contribution in [-0.4, -0.2) is 27.0 Å². The summed E-state index contributed by atoms with van der Waals surface area (Å²) in [6.07, 6.45) is 3.89. The number of aliphatic carboxylic acids is 1. The second-order valence-electron chi connectivity index (χ2n) is 3.06. The molecule has 0 aliphatic rings. The molecule has 0 aromatic carbocycles. The van der Waals surface area contributed by atoms with Crippen LogP contribution in [0.15, 0.2) is 12.4 Å². The summed E-state index contributed by atoms with van der Waals surface area (Å²) in [6, 6.07) is 0. The van der Waals surface area contributed by atoms with Crippen molar-refractivity contribution in [2.45, 2.75) is 25.8 Å². The van der Waals surface area contributed by atoms with Gasteiger partial charge in [0, 0.05) is 25.2 Å². The van der Waals surface area contributed by atoms with Crippen molar-refractivity contribution in [1.82, 2.24) is 15.3 Å². The lowest BCUT2D eigenvalue weighted by atomic mass is 10.2. The zero-order chi connectivity index (χ0) is 11.1. The van der Waals surface area contributed by atoms with E-state index in [1.807, 2.05) is 0 Å². The highest BCUT2D eigenvalue weighted by Crippen LogP contribution is 1.95. The van der Waals surface area contributed by atoms with Crippen molar-refractivity contribution in [3.63, 3.8) is 0 Å². The molecule has 0 aliphatic heterocycles. The van der Waals surface area contributed by atoms with E-state index in [1.165, 1.54) is 0 Å². The van der Waals surface area contributed by atoms with E-state index in [0.717, 1.165) is 0 Å². The van der Waals surface area contributed by atoms with Crippen LogP contribution in [0.25, 0.3) is 0 Å². The van der Waals surface area contributed by atoms with Crippen molar-refractivity contribution in [3.05, 3.63) is 18.2 Å². The molecular formula is C9H13N3O3. The molecule has 0 unspecified atom stereocenters. The molecule has 82 valence electrons. The first kappa shape index (κ1) is 11.2. The van der Waals surface area contributed by atoms with Gasteiger partial charge >= 0.3 is 5.97 Å². The Bertz CT molecular complexity index is 321. The first-order valence-electron chi connectivity index (χ1n) is 4.65. The Morgan fingerprint density at radius 3 is 2.87 bits per heavy atom. The van der Waals surface area contributed by atoms with Crippen LogP contribution in [0.1, 0.15) is 25.1 Å². The molecule has 0 saturated carbocycles. The van der Waals surface area contributed by atoms with Crippen molar-refractivity contribution in [2.24, 2.45) is 0 Å². The molecule has 1 aromatic heterocycles. The van der Waals surface area contributed by atoms with Crippen LogP contribution in [-0.2, 0) is 16.1 Å². The maximum absolute atomic E-state index is 11.2. The van der Waals surface area contributed by atoms with Crippen LogP contribution in [0.3, 0.4) is 0 Å². The summed E-state index contributed by atoms with van der Waals surface area (Å²) < 4.78 is 0. The molecule has 0 fully saturated rings. The summed E-state index contributed by atoms with van der Waals surface area (Å²) in [6.45, 7) is 0.346. The number of nitrogens with zero attached hydrogens (tertiary/aromatic N) is 1. The van der Waals surface area contributed by atoms with Crippen LogP contribution < -0.4 is 5.32 Å². The van der Waals surface area contributed by atoms with Gasteiger partial charge in [0.15, 0.2) is 0 Å². The van der Waals surface area contributed by atoms with Crippen molar-refractivity contribution in [2.75, 3.05) is 0 Å². The van der Waals surface area contributed by atoms with Gasteiger partial charge in [-0.15, -0.1) is 0 Å². The van der Waals surface area contributed by atoms with Crippen LogP contribution in [0.2, 0.25) is 0 Å². The molecule has 0 spiro atoms. The summed E-state index contributed by atoms with van der Waals surface area (Å²) in [5, 5.41) is 11.0. The van der Waals surface area contributed by atoms with E-state index in [-0.39, 0.29) is 18.7 Å². The molecule has 3 N–H and O–H groups in total. The largest absolute Gasteiger partial charge is 0.481 e. The quantitative estimate of drug-likeness (QED) is 0.629. The molecule has 0 saturated heterocycles. The van der Waals surface area contributed by atoms with Gasteiger partial charge in [-0.3, -0.25) is 9.59 Å². The number of carbonyl (C=O) groups is 2. The molecule has 15 heavy (non-hydrogen) atoms. The number of aromatic amines is 1. The Balaban J connectivity index is 2.11. The smallest absolute Gasteiger partial charge is 0.303 e. The highest BCUT2D eigenvalue weighted by Gasteiger charge is 2.04. The normalized spacial score (nSPS) is 9.87. The molecule has 1 heterocycles. The maximum atomic E-state index is 11.2. The first-order valence-corrected chi connectivity index (χ1v) is 4.65. The zero-order valence-corrected chi connectivity index (χ0v) is 8.19. The monoisotopic (exact) mass is 211 g/mol. The standard InChI is InChI=1S/C9H13N3O3/c13-8(2-1-3-9(14)15)12-6-7-10-4-5-11-7/h4-5H,1-3,6H2,(H,10,11)(H,12,13)(H,14,15). The van der Waals surface area contributed by atoms with E-state index in [9.17, 15) is 9.59 Å². The topological polar surface area (TPSA) is 95.1 Å². The van der Waals surface area contributed by atoms with Crippen molar-refractivity contribution < 1.29 is 14.7 Å². The molecule has 1 aromatic rings. The Hall–Kier alpha value is -1.85. The lowest BCUT2D eigenvalue weighted by molar-refractivity contribution is -0.137. The average molecular weight is 211 g/mol. The van der Waals surface area contributed by atoms with E-state index in [4.69, 9.17) is 5.11 Å². The van der Waals surface area contributed by atoms with E-state index >= 15 is 0 Å². The second kappa shape index (κ2) is 5.79. The van der Waals surface area contributed by atoms with Gasteiger partial charge in [-0.1, -0.05) is 0 Å². The molecule has 0 bridgehead atoms. The number of imidazole rings is 1. The minimum absolute atomic E-state index is 0.0220. The average Bonchev–Trinajstić information content (AvgIpc) is 2.66. The molecule has 0 aliphatic carbocycles. The Morgan fingerprint density at radius 2 is 2.27 bits per heavy atom. The predicted octanol–water partition coefficient (Wildman–Crippen LogP) is 0.281. The van der Waals surface area contributed by atoms with Crippen LogP contribution in [0.5, 0.6) is 0 Å². The van der Waals surface area contributed by atoms with Crippen LogP contribution in [0, 0.1) is 0 Å². The highest BCUT2D eigenvalue weighted by molar-refractivity contribution is 5.76. The number of carboxylic acids is 1. The second-order valence-corrected chi connectivity index (χ2v) is 3.06. The van der Waals surface area contributed by atoms with Gasteiger partial charge in [0.1, 0.15) is 5.82 Å². The lowest BCUT2D eigenvalue weighted by Crippen LogP contribution is -2.23. The summed E-state index contributed by atoms with van der Waals surface area (Å²) >= 11 is 0. The fraction of sp³-hybridized carbons (Fsp3) is 0.444. The number of carbonyl (C=O) groups excluding carboxylic acids is 1. The fourth-order valence-electron chi connectivity index (χ4n) is 1.07. The predicted molar refractivity (Wildman–Crippen MR) is 51.9 cm³/mol. The van der Waals surface area contributed by atoms with Gasteiger partial charge in [0.2, 0.25) is 5.91 Å². The summed E-state index contributed by atoms with van der Waals surface area (Å²) in [4.78, 5) is 28.1. The SMILES string of the molecule is O=C(O)CCCC(=O)NCc1ncc[nH]1. The zero-order valence-electron chi connectivity index (χ0n) is 8.19. The number of hydrogen-bond donors (Lipinski definition) is 3.